The van der Waals surface area contributed by atoms with E-state index in [-0.39, 0.29) is 12.1 Å². The van der Waals surface area contributed by atoms with Crippen molar-refractivity contribution < 1.29 is 9.53 Å². The maximum atomic E-state index is 12.3. The molecule has 0 aliphatic carbocycles. The van der Waals surface area contributed by atoms with Crippen molar-refractivity contribution in [1.29, 1.82) is 0 Å². The topological polar surface area (TPSA) is 41.6 Å². The molecule has 2 aromatic rings. The zero-order chi connectivity index (χ0) is 17.5. The van der Waals surface area contributed by atoms with Gasteiger partial charge in [0.25, 0.3) is 0 Å². The van der Waals surface area contributed by atoms with Crippen LogP contribution in [0.15, 0.2) is 54.6 Å². The number of carbonyl (C=O) groups excluding carboxylic acids is 1. The van der Waals surface area contributed by atoms with E-state index in [1.54, 1.807) is 0 Å². The van der Waals surface area contributed by atoms with Crippen molar-refractivity contribution >= 4 is 17.6 Å². The van der Waals surface area contributed by atoms with Crippen molar-refractivity contribution in [1.82, 2.24) is 10.2 Å². The number of ether oxygens (including phenoxy) is 1. The zero-order valence-corrected chi connectivity index (χ0v) is 14.9. The van der Waals surface area contributed by atoms with Gasteiger partial charge >= 0.3 is 6.03 Å². The summed E-state index contributed by atoms with van der Waals surface area (Å²) in [5.74, 6) is 0. The molecule has 0 spiro atoms. The van der Waals surface area contributed by atoms with Gasteiger partial charge in [0.2, 0.25) is 0 Å². The predicted octanol–water partition coefficient (Wildman–Crippen LogP) is 4.23. The Bertz CT molecular complexity index is 685. The molecule has 0 bridgehead atoms. The van der Waals surface area contributed by atoms with Crippen LogP contribution in [0.4, 0.5) is 4.79 Å². The third kappa shape index (κ3) is 5.48. The van der Waals surface area contributed by atoms with Gasteiger partial charge in [-0.05, 0) is 36.1 Å². The van der Waals surface area contributed by atoms with Gasteiger partial charge in [0.15, 0.2) is 0 Å². The molecule has 0 atom stereocenters. The molecule has 1 aliphatic rings. The molecule has 1 saturated heterocycles. The Kier molecular flexibility index (Phi) is 6.31. The van der Waals surface area contributed by atoms with Crippen molar-refractivity contribution in [2.45, 2.75) is 32.1 Å². The predicted molar refractivity (Wildman–Crippen MR) is 99.5 cm³/mol. The molecule has 4 nitrogen and oxygen atoms in total. The van der Waals surface area contributed by atoms with Crippen LogP contribution in [0.1, 0.15) is 24.0 Å². The van der Waals surface area contributed by atoms with Crippen molar-refractivity contribution in [3.63, 3.8) is 0 Å². The first-order valence-electron chi connectivity index (χ1n) is 8.63. The molecule has 0 unspecified atom stereocenters. The molecule has 2 aromatic carbocycles. The lowest BCUT2D eigenvalue weighted by atomic mass is 10.1. The Balaban J connectivity index is 1.38. The molecule has 2 amide bonds. The Labute approximate surface area is 153 Å². The van der Waals surface area contributed by atoms with Crippen LogP contribution in [-0.2, 0) is 17.9 Å². The molecule has 1 fully saturated rings. The Hall–Kier alpha value is -2.04. The largest absolute Gasteiger partial charge is 0.373 e. The SMILES string of the molecule is O=C(NCc1cccc(Cl)c1)N1CCC(OCc2ccccc2)CC1. The van der Waals surface area contributed by atoms with Gasteiger partial charge in [0.05, 0.1) is 12.7 Å². The first kappa shape index (κ1) is 17.8. The number of amides is 2. The molecule has 5 heteroatoms. The minimum atomic E-state index is -0.0264. The number of rotatable bonds is 5. The zero-order valence-electron chi connectivity index (χ0n) is 14.2. The van der Waals surface area contributed by atoms with Crippen LogP contribution in [0.5, 0.6) is 0 Å². The maximum absolute atomic E-state index is 12.3. The number of urea groups is 1. The van der Waals surface area contributed by atoms with E-state index in [1.165, 1.54) is 5.56 Å². The second-order valence-electron chi connectivity index (χ2n) is 6.27. The van der Waals surface area contributed by atoms with Gasteiger partial charge in [-0.25, -0.2) is 4.79 Å². The molecule has 1 N–H and O–H groups in total. The quantitative estimate of drug-likeness (QED) is 0.869. The maximum Gasteiger partial charge on any atom is 0.317 e. The summed E-state index contributed by atoms with van der Waals surface area (Å²) in [5, 5.41) is 3.64. The van der Waals surface area contributed by atoms with Crippen molar-refractivity contribution in [2.24, 2.45) is 0 Å². The van der Waals surface area contributed by atoms with E-state index in [1.807, 2.05) is 47.4 Å². The second kappa shape index (κ2) is 8.88. The average molecular weight is 359 g/mol. The number of nitrogens with zero attached hydrogens (tertiary/aromatic N) is 1. The highest BCUT2D eigenvalue weighted by Crippen LogP contribution is 2.16. The third-order valence-electron chi connectivity index (χ3n) is 4.39. The summed E-state index contributed by atoms with van der Waals surface area (Å²) in [4.78, 5) is 14.1. The van der Waals surface area contributed by atoms with Crippen LogP contribution in [0.2, 0.25) is 5.02 Å². The van der Waals surface area contributed by atoms with Crippen molar-refractivity contribution in [3.05, 3.63) is 70.7 Å². The summed E-state index contributed by atoms with van der Waals surface area (Å²) in [6.45, 7) is 2.57. The van der Waals surface area contributed by atoms with E-state index in [4.69, 9.17) is 16.3 Å². The van der Waals surface area contributed by atoms with Gasteiger partial charge in [-0.15, -0.1) is 0 Å². The fourth-order valence-corrected chi connectivity index (χ4v) is 3.16. The molecule has 0 saturated carbocycles. The lowest BCUT2D eigenvalue weighted by molar-refractivity contribution is 0.00444. The number of benzene rings is 2. The Morgan fingerprint density at radius 2 is 1.80 bits per heavy atom. The summed E-state index contributed by atoms with van der Waals surface area (Å²) >= 11 is 5.96. The van der Waals surface area contributed by atoms with E-state index < -0.39 is 0 Å². The van der Waals surface area contributed by atoms with E-state index >= 15 is 0 Å². The molecule has 132 valence electrons. The lowest BCUT2D eigenvalue weighted by Gasteiger charge is -2.32. The number of hydrogen-bond acceptors (Lipinski definition) is 2. The highest BCUT2D eigenvalue weighted by Gasteiger charge is 2.23. The Morgan fingerprint density at radius 3 is 2.52 bits per heavy atom. The minimum absolute atomic E-state index is 0.0264. The molecule has 0 radical (unpaired) electrons. The Morgan fingerprint density at radius 1 is 1.08 bits per heavy atom. The first-order valence-corrected chi connectivity index (χ1v) is 9.01. The monoisotopic (exact) mass is 358 g/mol. The van der Waals surface area contributed by atoms with E-state index in [0.29, 0.717) is 18.2 Å². The number of likely N-dealkylation sites (tertiary alicyclic amines) is 1. The number of carbonyl (C=O) groups is 1. The second-order valence-corrected chi connectivity index (χ2v) is 6.71. The van der Waals surface area contributed by atoms with Gasteiger partial charge in [-0.2, -0.15) is 0 Å². The summed E-state index contributed by atoms with van der Waals surface area (Å²) in [5.41, 5.74) is 2.19. The molecule has 3 rings (SSSR count). The fourth-order valence-electron chi connectivity index (χ4n) is 2.95. The highest BCUT2D eigenvalue weighted by atomic mass is 35.5. The van der Waals surface area contributed by atoms with Crippen LogP contribution >= 0.6 is 11.6 Å². The summed E-state index contributed by atoms with van der Waals surface area (Å²) in [7, 11) is 0. The van der Waals surface area contributed by atoms with Gasteiger partial charge in [0, 0.05) is 24.7 Å². The fraction of sp³-hybridized carbons (Fsp3) is 0.350. The normalized spacial score (nSPS) is 15.2. The van der Waals surface area contributed by atoms with Crippen LogP contribution in [-0.4, -0.2) is 30.1 Å². The minimum Gasteiger partial charge on any atom is -0.373 e. The molecule has 1 heterocycles. The summed E-state index contributed by atoms with van der Waals surface area (Å²) < 4.78 is 5.97. The molecular formula is C20H23ClN2O2. The van der Waals surface area contributed by atoms with Crippen LogP contribution < -0.4 is 5.32 Å². The van der Waals surface area contributed by atoms with Crippen molar-refractivity contribution in [2.75, 3.05) is 13.1 Å². The standard InChI is InChI=1S/C20H23ClN2O2/c21-18-8-4-7-17(13-18)14-22-20(24)23-11-9-19(10-12-23)25-15-16-5-2-1-3-6-16/h1-8,13,19H,9-12,14-15H2,(H,22,24). The highest BCUT2D eigenvalue weighted by molar-refractivity contribution is 6.30. The number of piperidine rings is 1. The van der Waals surface area contributed by atoms with Crippen molar-refractivity contribution in [3.8, 4) is 0 Å². The smallest absolute Gasteiger partial charge is 0.317 e. The van der Waals surface area contributed by atoms with Crippen LogP contribution in [0.3, 0.4) is 0 Å². The number of hydrogen-bond donors (Lipinski definition) is 1. The number of halogens is 1. The van der Waals surface area contributed by atoms with Gasteiger partial charge in [0.1, 0.15) is 0 Å². The van der Waals surface area contributed by atoms with Gasteiger partial charge in [-0.3, -0.25) is 0 Å². The number of nitrogens with one attached hydrogen (secondary N) is 1. The van der Waals surface area contributed by atoms with E-state index in [2.05, 4.69) is 17.4 Å². The summed E-state index contributed by atoms with van der Waals surface area (Å²) in [6.07, 6.45) is 1.96. The van der Waals surface area contributed by atoms with Crippen LogP contribution in [0.25, 0.3) is 0 Å². The molecule has 25 heavy (non-hydrogen) atoms. The molecular weight excluding hydrogens is 336 g/mol. The van der Waals surface area contributed by atoms with E-state index in [9.17, 15) is 4.79 Å². The van der Waals surface area contributed by atoms with E-state index in [0.717, 1.165) is 31.5 Å². The lowest BCUT2D eigenvalue weighted by Crippen LogP contribution is -2.45. The average Bonchev–Trinajstić information content (AvgIpc) is 2.66. The van der Waals surface area contributed by atoms with Crippen LogP contribution in [0, 0.1) is 0 Å². The summed E-state index contributed by atoms with van der Waals surface area (Å²) in [6, 6.07) is 17.7. The van der Waals surface area contributed by atoms with Gasteiger partial charge in [-0.1, -0.05) is 54.1 Å². The third-order valence-corrected chi connectivity index (χ3v) is 4.63. The molecule has 1 aliphatic heterocycles. The molecule has 0 aromatic heterocycles. The first-order chi connectivity index (χ1) is 12.2. The van der Waals surface area contributed by atoms with Gasteiger partial charge < -0.3 is 15.0 Å².